The first-order valence-corrected chi connectivity index (χ1v) is 8.20. The van der Waals surface area contributed by atoms with Gasteiger partial charge in [-0.3, -0.25) is 9.20 Å². The zero-order valence-electron chi connectivity index (χ0n) is 14.3. The molecule has 3 heterocycles. The van der Waals surface area contributed by atoms with Crippen molar-refractivity contribution in [3.8, 4) is 0 Å². The van der Waals surface area contributed by atoms with Crippen molar-refractivity contribution in [1.82, 2.24) is 9.38 Å². The molecule has 27 heavy (non-hydrogen) atoms. The van der Waals surface area contributed by atoms with Gasteiger partial charge in [0.05, 0.1) is 5.69 Å². The first-order valence-electron chi connectivity index (χ1n) is 8.20. The fraction of sp³-hybridized carbons (Fsp3) is 0.100. The van der Waals surface area contributed by atoms with Gasteiger partial charge in [-0.25, -0.2) is 14.6 Å². The minimum absolute atomic E-state index is 0.207. The van der Waals surface area contributed by atoms with Crippen molar-refractivity contribution in [2.24, 2.45) is 0 Å². The summed E-state index contributed by atoms with van der Waals surface area (Å²) in [5, 5.41) is 0.612. The van der Waals surface area contributed by atoms with Gasteiger partial charge < -0.3 is 9.15 Å². The molecule has 0 bridgehead atoms. The molecule has 134 valence electrons. The van der Waals surface area contributed by atoms with E-state index in [1.807, 2.05) is 13.0 Å². The zero-order chi connectivity index (χ0) is 19.0. The quantitative estimate of drug-likeness (QED) is 0.411. The van der Waals surface area contributed by atoms with Crippen LogP contribution in [-0.2, 0) is 11.3 Å². The number of pyridine rings is 1. The fourth-order valence-corrected chi connectivity index (χ4v) is 2.75. The summed E-state index contributed by atoms with van der Waals surface area (Å²) in [4.78, 5) is 40.8. The standard InChI is InChI=1S/C20H14N2O5/c1-12-6-7-17-21-14(9-18(23)22(17)10-12)11-26-19(24)15-8-13-4-2-3-5-16(13)27-20(15)25/h2-10H,11H2,1H3. The van der Waals surface area contributed by atoms with Gasteiger partial charge in [-0.15, -0.1) is 0 Å². The molecule has 0 fully saturated rings. The summed E-state index contributed by atoms with van der Waals surface area (Å²) < 4.78 is 11.7. The van der Waals surface area contributed by atoms with E-state index < -0.39 is 11.6 Å². The predicted octanol–water partition coefficient (Wildman–Crippen LogP) is 2.47. The average Bonchev–Trinajstić information content (AvgIpc) is 2.66. The van der Waals surface area contributed by atoms with Gasteiger partial charge >= 0.3 is 11.6 Å². The van der Waals surface area contributed by atoms with E-state index in [1.165, 1.54) is 16.5 Å². The van der Waals surface area contributed by atoms with Crippen LogP contribution in [0.4, 0.5) is 0 Å². The normalized spacial score (nSPS) is 11.0. The lowest BCUT2D eigenvalue weighted by molar-refractivity contribution is 0.0463. The Bertz CT molecular complexity index is 1300. The second kappa shape index (κ2) is 6.53. The van der Waals surface area contributed by atoms with E-state index in [0.29, 0.717) is 22.3 Å². The first-order chi connectivity index (χ1) is 13.0. The molecule has 0 atom stereocenters. The van der Waals surface area contributed by atoms with Crippen molar-refractivity contribution in [2.45, 2.75) is 13.5 Å². The zero-order valence-corrected chi connectivity index (χ0v) is 14.3. The highest BCUT2D eigenvalue weighted by atomic mass is 16.5. The average molecular weight is 362 g/mol. The lowest BCUT2D eigenvalue weighted by atomic mass is 10.2. The lowest BCUT2D eigenvalue weighted by Crippen LogP contribution is -2.19. The van der Waals surface area contributed by atoms with E-state index in [0.717, 1.165) is 5.56 Å². The summed E-state index contributed by atoms with van der Waals surface area (Å²) in [5.74, 6) is -0.833. The van der Waals surface area contributed by atoms with Crippen molar-refractivity contribution in [1.29, 1.82) is 0 Å². The fourth-order valence-electron chi connectivity index (χ4n) is 2.75. The third-order valence-electron chi connectivity index (χ3n) is 4.07. The number of aryl methyl sites for hydroxylation is 1. The topological polar surface area (TPSA) is 90.9 Å². The van der Waals surface area contributed by atoms with Gasteiger partial charge in [-0.1, -0.05) is 24.3 Å². The molecular weight excluding hydrogens is 348 g/mol. The van der Waals surface area contributed by atoms with Crippen molar-refractivity contribution < 1.29 is 13.9 Å². The maximum atomic E-state index is 12.3. The molecular formula is C20H14N2O5. The summed E-state index contributed by atoms with van der Waals surface area (Å²) in [5.41, 5.74) is 0.793. The Balaban J connectivity index is 1.60. The number of fused-ring (bicyclic) bond motifs is 2. The highest BCUT2D eigenvalue weighted by Gasteiger charge is 2.16. The van der Waals surface area contributed by atoms with Gasteiger partial charge in [0, 0.05) is 17.6 Å². The summed E-state index contributed by atoms with van der Waals surface area (Å²) in [6.07, 6.45) is 1.68. The monoisotopic (exact) mass is 362 g/mol. The molecule has 0 saturated heterocycles. The van der Waals surface area contributed by atoms with Crippen molar-refractivity contribution in [3.05, 3.63) is 92.3 Å². The molecule has 0 amide bonds. The van der Waals surface area contributed by atoms with Gasteiger partial charge in [0.2, 0.25) is 0 Å². The highest BCUT2D eigenvalue weighted by molar-refractivity contribution is 5.92. The van der Waals surface area contributed by atoms with Crippen LogP contribution in [0.15, 0.2) is 68.7 Å². The molecule has 0 aliphatic carbocycles. The van der Waals surface area contributed by atoms with Crippen molar-refractivity contribution in [2.75, 3.05) is 0 Å². The minimum atomic E-state index is -0.833. The highest BCUT2D eigenvalue weighted by Crippen LogP contribution is 2.13. The second-order valence-electron chi connectivity index (χ2n) is 6.08. The van der Waals surface area contributed by atoms with Crippen LogP contribution in [0.5, 0.6) is 0 Å². The Kier molecular flexibility index (Phi) is 4.04. The largest absolute Gasteiger partial charge is 0.455 e. The van der Waals surface area contributed by atoms with Crippen molar-refractivity contribution in [3.63, 3.8) is 0 Å². The Morgan fingerprint density at radius 1 is 1.15 bits per heavy atom. The smallest absolute Gasteiger partial charge is 0.351 e. The first kappa shape index (κ1) is 16.7. The second-order valence-corrected chi connectivity index (χ2v) is 6.08. The molecule has 4 rings (SSSR count). The van der Waals surface area contributed by atoms with E-state index >= 15 is 0 Å². The minimum Gasteiger partial charge on any atom is -0.455 e. The van der Waals surface area contributed by atoms with Gasteiger partial charge in [0.15, 0.2) is 0 Å². The SMILES string of the molecule is Cc1ccc2nc(COC(=O)c3cc4ccccc4oc3=O)cc(=O)n2c1. The number of para-hydroxylation sites is 1. The van der Waals surface area contributed by atoms with Crippen LogP contribution >= 0.6 is 0 Å². The van der Waals surface area contributed by atoms with Crippen LogP contribution in [0.3, 0.4) is 0 Å². The Labute approximate surface area is 152 Å². The third kappa shape index (κ3) is 3.22. The number of nitrogens with zero attached hydrogens (tertiary/aromatic N) is 2. The van der Waals surface area contributed by atoms with E-state index in [1.54, 1.807) is 36.5 Å². The van der Waals surface area contributed by atoms with E-state index in [2.05, 4.69) is 4.98 Å². The maximum absolute atomic E-state index is 12.3. The molecule has 0 radical (unpaired) electrons. The van der Waals surface area contributed by atoms with Crippen LogP contribution in [0.1, 0.15) is 21.6 Å². The third-order valence-corrected chi connectivity index (χ3v) is 4.07. The summed E-state index contributed by atoms with van der Waals surface area (Å²) in [6, 6.07) is 13.1. The molecule has 0 N–H and O–H groups in total. The molecule has 3 aromatic heterocycles. The molecule has 0 unspecified atom stereocenters. The molecule has 0 aliphatic rings. The van der Waals surface area contributed by atoms with Gasteiger partial charge in [0.25, 0.3) is 5.56 Å². The van der Waals surface area contributed by atoms with Gasteiger partial charge in [-0.05, 0) is 30.7 Å². The van der Waals surface area contributed by atoms with Crippen LogP contribution in [0.25, 0.3) is 16.6 Å². The number of aromatic nitrogens is 2. The molecule has 4 aromatic rings. The summed E-state index contributed by atoms with van der Waals surface area (Å²) in [6.45, 7) is 1.64. The number of carbonyl (C=O) groups excluding carboxylic acids is 1. The van der Waals surface area contributed by atoms with E-state index in [-0.39, 0.29) is 17.7 Å². The van der Waals surface area contributed by atoms with Gasteiger partial charge in [0.1, 0.15) is 23.4 Å². The van der Waals surface area contributed by atoms with Crippen LogP contribution < -0.4 is 11.2 Å². The van der Waals surface area contributed by atoms with Crippen LogP contribution in [0.2, 0.25) is 0 Å². The molecule has 1 aromatic carbocycles. The number of esters is 1. The van der Waals surface area contributed by atoms with E-state index in [4.69, 9.17) is 9.15 Å². The number of hydrogen-bond acceptors (Lipinski definition) is 6. The molecule has 7 nitrogen and oxygen atoms in total. The molecule has 0 spiro atoms. The summed E-state index contributed by atoms with van der Waals surface area (Å²) >= 11 is 0. The Morgan fingerprint density at radius 3 is 2.81 bits per heavy atom. The van der Waals surface area contributed by atoms with E-state index in [9.17, 15) is 14.4 Å². The summed E-state index contributed by atoms with van der Waals surface area (Å²) in [7, 11) is 0. The number of benzene rings is 1. The molecule has 0 saturated carbocycles. The molecule has 0 aliphatic heterocycles. The number of rotatable bonds is 3. The van der Waals surface area contributed by atoms with Crippen LogP contribution in [0, 0.1) is 6.92 Å². The maximum Gasteiger partial charge on any atom is 0.351 e. The van der Waals surface area contributed by atoms with Crippen molar-refractivity contribution >= 4 is 22.6 Å². The Morgan fingerprint density at radius 2 is 1.96 bits per heavy atom. The molecule has 7 heteroatoms. The van der Waals surface area contributed by atoms with Crippen LogP contribution in [-0.4, -0.2) is 15.4 Å². The lowest BCUT2D eigenvalue weighted by Gasteiger charge is -2.06. The Hall–Kier alpha value is -3.74. The predicted molar refractivity (Wildman–Crippen MR) is 97.8 cm³/mol. The number of hydrogen-bond donors (Lipinski definition) is 0. The van der Waals surface area contributed by atoms with Gasteiger partial charge in [-0.2, -0.15) is 0 Å². The number of carbonyl (C=O) groups is 1. The number of ether oxygens (including phenoxy) is 1.